The average Bonchev–Trinajstić information content (AvgIpc) is 3.40. The molecule has 0 radical (unpaired) electrons. The Kier molecular flexibility index (Phi) is 6.85. The Bertz CT molecular complexity index is 1140. The van der Waals surface area contributed by atoms with Gasteiger partial charge in [-0.3, -0.25) is 4.90 Å². The molecule has 1 fully saturated rings. The van der Waals surface area contributed by atoms with Crippen LogP contribution >= 0.6 is 0 Å². The fourth-order valence-corrected chi connectivity index (χ4v) is 5.63. The molecule has 180 valence electrons. The van der Waals surface area contributed by atoms with Gasteiger partial charge >= 0.3 is 6.09 Å². The number of hydrogen-bond acceptors (Lipinski definition) is 4. The highest BCUT2D eigenvalue weighted by molar-refractivity contribution is 5.87. The van der Waals surface area contributed by atoms with E-state index in [1.165, 1.54) is 22.2 Å². The number of hydrogen-bond donors (Lipinski definition) is 3. The van der Waals surface area contributed by atoms with Crippen molar-refractivity contribution in [3.05, 3.63) is 70.9 Å². The smallest absolute Gasteiger partial charge is 0.404 e. The van der Waals surface area contributed by atoms with Crippen LogP contribution in [0.25, 0.3) is 10.9 Å². The van der Waals surface area contributed by atoms with E-state index in [4.69, 9.17) is 4.74 Å². The van der Waals surface area contributed by atoms with Crippen LogP contribution in [-0.2, 0) is 18.2 Å². The molecule has 34 heavy (non-hydrogen) atoms. The predicted octanol–water partition coefficient (Wildman–Crippen LogP) is 3.49. The van der Waals surface area contributed by atoms with Crippen molar-refractivity contribution in [1.82, 2.24) is 20.1 Å². The van der Waals surface area contributed by atoms with E-state index in [9.17, 15) is 9.90 Å². The largest absolute Gasteiger partial charge is 0.465 e. The van der Waals surface area contributed by atoms with Gasteiger partial charge in [-0.05, 0) is 41.7 Å². The standard InChI is InChI=1S/C27H34N4O3/c1-30-25-10-7-20(23(18-29-27(32)33)19-5-3-2-4-6-19)17-22(25)21-8-9-24(26(21)30)28-11-12-31-13-15-34-16-14-31/h2-7,10,17,23-24,28-29H,8-9,11-16,18H2,1H3,(H,32,33). The highest BCUT2D eigenvalue weighted by atomic mass is 16.5. The monoisotopic (exact) mass is 462 g/mol. The van der Waals surface area contributed by atoms with Gasteiger partial charge in [-0.15, -0.1) is 0 Å². The maximum absolute atomic E-state index is 11.2. The molecule has 1 aromatic heterocycles. The molecule has 1 saturated heterocycles. The van der Waals surface area contributed by atoms with Crippen molar-refractivity contribution in [1.29, 1.82) is 0 Å². The van der Waals surface area contributed by atoms with Crippen LogP contribution in [0, 0.1) is 0 Å². The van der Waals surface area contributed by atoms with Gasteiger partial charge in [0, 0.05) is 68.3 Å². The number of nitrogens with one attached hydrogen (secondary N) is 2. The summed E-state index contributed by atoms with van der Waals surface area (Å²) in [5.74, 6) is -0.0265. The maximum atomic E-state index is 11.2. The summed E-state index contributed by atoms with van der Waals surface area (Å²) in [4.78, 5) is 13.7. The summed E-state index contributed by atoms with van der Waals surface area (Å²) >= 11 is 0. The van der Waals surface area contributed by atoms with Crippen LogP contribution < -0.4 is 10.6 Å². The lowest BCUT2D eigenvalue weighted by Crippen LogP contribution is -2.40. The van der Waals surface area contributed by atoms with Gasteiger partial charge < -0.3 is 25.0 Å². The summed E-state index contributed by atoms with van der Waals surface area (Å²) in [5, 5.41) is 16.9. The number of benzene rings is 2. The zero-order valence-corrected chi connectivity index (χ0v) is 19.8. The summed E-state index contributed by atoms with van der Waals surface area (Å²) in [6, 6.07) is 17.2. The molecule has 2 aliphatic rings. The van der Waals surface area contributed by atoms with E-state index in [0.29, 0.717) is 12.6 Å². The Hall–Kier alpha value is -2.87. The summed E-state index contributed by atoms with van der Waals surface area (Å²) in [6.07, 6.45) is 1.19. The number of morpholine rings is 1. The molecular weight excluding hydrogens is 428 g/mol. The lowest BCUT2D eigenvalue weighted by Gasteiger charge is -2.27. The molecule has 0 bridgehead atoms. The molecule has 2 aromatic carbocycles. The maximum Gasteiger partial charge on any atom is 0.404 e. The summed E-state index contributed by atoms with van der Waals surface area (Å²) in [7, 11) is 2.17. The number of aromatic nitrogens is 1. The van der Waals surface area contributed by atoms with Crippen molar-refractivity contribution in [3.63, 3.8) is 0 Å². The van der Waals surface area contributed by atoms with E-state index < -0.39 is 6.09 Å². The molecule has 0 saturated carbocycles. The fourth-order valence-electron chi connectivity index (χ4n) is 5.63. The second-order valence-electron chi connectivity index (χ2n) is 9.35. The number of fused-ring (bicyclic) bond motifs is 3. The Morgan fingerprint density at radius 1 is 1.15 bits per heavy atom. The van der Waals surface area contributed by atoms with E-state index in [1.54, 1.807) is 0 Å². The Labute approximate surface area is 200 Å². The number of ether oxygens (including phenoxy) is 1. The van der Waals surface area contributed by atoms with E-state index in [2.05, 4.69) is 57.5 Å². The van der Waals surface area contributed by atoms with Gasteiger partial charge in [-0.2, -0.15) is 0 Å². The molecule has 1 amide bonds. The van der Waals surface area contributed by atoms with Crippen LogP contribution in [0.5, 0.6) is 0 Å². The molecule has 3 aromatic rings. The molecular formula is C27H34N4O3. The van der Waals surface area contributed by atoms with Crippen molar-refractivity contribution in [2.75, 3.05) is 45.9 Å². The number of aryl methyl sites for hydroxylation is 2. The molecule has 5 rings (SSSR count). The van der Waals surface area contributed by atoms with E-state index in [1.807, 2.05) is 18.2 Å². The normalized spacial score (nSPS) is 19.3. The molecule has 2 atom stereocenters. The fraction of sp³-hybridized carbons (Fsp3) is 0.444. The minimum absolute atomic E-state index is 0.0265. The minimum atomic E-state index is -0.992. The second kappa shape index (κ2) is 10.2. The third-order valence-corrected chi connectivity index (χ3v) is 7.37. The first-order valence-corrected chi connectivity index (χ1v) is 12.3. The van der Waals surface area contributed by atoms with Crippen LogP contribution in [0.4, 0.5) is 4.79 Å². The van der Waals surface area contributed by atoms with Crippen molar-refractivity contribution in [2.45, 2.75) is 24.8 Å². The molecule has 2 unspecified atom stereocenters. The van der Waals surface area contributed by atoms with Crippen LogP contribution in [-0.4, -0.2) is 66.6 Å². The summed E-state index contributed by atoms with van der Waals surface area (Å²) < 4.78 is 7.81. The highest BCUT2D eigenvalue weighted by Crippen LogP contribution is 2.39. The summed E-state index contributed by atoms with van der Waals surface area (Å²) in [5.41, 5.74) is 6.33. The van der Waals surface area contributed by atoms with Gasteiger partial charge in [0.1, 0.15) is 0 Å². The van der Waals surface area contributed by atoms with Crippen molar-refractivity contribution >= 4 is 17.0 Å². The number of carbonyl (C=O) groups is 1. The van der Waals surface area contributed by atoms with Gasteiger partial charge in [-0.25, -0.2) is 4.79 Å². The third-order valence-electron chi connectivity index (χ3n) is 7.37. The first-order chi connectivity index (χ1) is 16.6. The van der Waals surface area contributed by atoms with E-state index in [-0.39, 0.29) is 5.92 Å². The lowest BCUT2D eigenvalue weighted by molar-refractivity contribution is 0.0381. The van der Waals surface area contributed by atoms with Crippen molar-refractivity contribution in [2.24, 2.45) is 7.05 Å². The second-order valence-corrected chi connectivity index (χ2v) is 9.35. The zero-order chi connectivity index (χ0) is 23.5. The molecule has 7 nitrogen and oxygen atoms in total. The molecule has 0 spiro atoms. The van der Waals surface area contributed by atoms with Gasteiger partial charge in [-0.1, -0.05) is 36.4 Å². The zero-order valence-electron chi connectivity index (χ0n) is 19.8. The topological polar surface area (TPSA) is 78.8 Å². The van der Waals surface area contributed by atoms with Gasteiger partial charge in [0.2, 0.25) is 0 Å². The lowest BCUT2D eigenvalue weighted by atomic mass is 9.90. The van der Waals surface area contributed by atoms with Crippen LogP contribution in [0.15, 0.2) is 48.5 Å². The van der Waals surface area contributed by atoms with Crippen LogP contribution in [0.1, 0.15) is 40.8 Å². The Morgan fingerprint density at radius 2 is 1.94 bits per heavy atom. The Morgan fingerprint density at radius 3 is 2.71 bits per heavy atom. The molecule has 7 heteroatoms. The van der Waals surface area contributed by atoms with Gasteiger partial charge in [0.25, 0.3) is 0 Å². The Balaban J connectivity index is 1.39. The number of nitrogens with zero attached hydrogens (tertiary/aromatic N) is 2. The first-order valence-electron chi connectivity index (χ1n) is 12.3. The van der Waals surface area contributed by atoms with Crippen molar-refractivity contribution < 1.29 is 14.6 Å². The molecule has 1 aliphatic carbocycles. The summed E-state index contributed by atoms with van der Waals surface area (Å²) in [6.45, 7) is 6.11. The van der Waals surface area contributed by atoms with E-state index >= 15 is 0 Å². The van der Waals surface area contributed by atoms with Crippen molar-refractivity contribution in [3.8, 4) is 0 Å². The molecule has 1 aliphatic heterocycles. The number of amides is 1. The van der Waals surface area contributed by atoms with Gasteiger partial charge in [0.15, 0.2) is 0 Å². The number of rotatable bonds is 8. The average molecular weight is 463 g/mol. The SMILES string of the molecule is Cn1c2c(c3cc(C(CNC(=O)O)c4ccccc4)ccc31)CCC2NCCN1CCOCC1. The quantitative estimate of drug-likeness (QED) is 0.478. The molecule has 3 N–H and O–H groups in total. The minimum Gasteiger partial charge on any atom is -0.465 e. The predicted molar refractivity (Wildman–Crippen MR) is 134 cm³/mol. The molecule has 2 heterocycles. The van der Waals surface area contributed by atoms with E-state index in [0.717, 1.165) is 63.4 Å². The first kappa shape index (κ1) is 22.9. The third kappa shape index (κ3) is 4.69. The number of carboxylic acid groups (broad SMARTS) is 1. The van der Waals surface area contributed by atoms with Crippen LogP contribution in [0.2, 0.25) is 0 Å². The highest BCUT2D eigenvalue weighted by Gasteiger charge is 2.29. The van der Waals surface area contributed by atoms with Gasteiger partial charge in [0.05, 0.1) is 13.2 Å². The van der Waals surface area contributed by atoms with Crippen LogP contribution in [0.3, 0.4) is 0 Å².